The molecule has 0 fully saturated rings. The minimum atomic E-state index is -0.187. The summed E-state index contributed by atoms with van der Waals surface area (Å²) in [5, 5.41) is 13.4. The second kappa shape index (κ2) is 6.16. The Morgan fingerprint density at radius 3 is 2.70 bits per heavy atom. The first-order valence-electron chi connectivity index (χ1n) is 7.09. The van der Waals surface area contributed by atoms with E-state index in [4.69, 9.17) is 11.0 Å². The van der Waals surface area contributed by atoms with E-state index in [0.717, 1.165) is 11.1 Å². The van der Waals surface area contributed by atoms with Crippen LogP contribution in [0.4, 0.5) is 5.69 Å². The van der Waals surface area contributed by atoms with Crippen molar-refractivity contribution in [3.63, 3.8) is 0 Å². The predicted octanol–water partition coefficient (Wildman–Crippen LogP) is 2.41. The molecule has 0 aliphatic carbocycles. The molecule has 5 heteroatoms. The Bertz CT molecular complexity index is 953. The molecule has 0 aliphatic rings. The number of hydrogen-bond donors (Lipinski definition) is 1. The predicted molar refractivity (Wildman–Crippen MR) is 88.6 cm³/mol. The van der Waals surface area contributed by atoms with Crippen LogP contribution in [0.1, 0.15) is 11.1 Å². The van der Waals surface area contributed by atoms with Gasteiger partial charge in [-0.1, -0.05) is 24.3 Å². The molecule has 5 nitrogen and oxygen atoms in total. The lowest BCUT2D eigenvalue weighted by atomic mass is 10.1. The Balaban J connectivity index is 1.99. The summed E-state index contributed by atoms with van der Waals surface area (Å²) in [6.07, 6.45) is 0. The molecule has 0 bridgehead atoms. The van der Waals surface area contributed by atoms with Gasteiger partial charge in [0, 0.05) is 17.3 Å². The monoisotopic (exact) mass is 302 g/mol. The van der Waals surface area contributed by atoms with Crippen LogP contribution in [-0.4, -0.2) is 9.78 Å². The van der Waals surface area contributed by atoms with Crippen molar-refractivity contribution in [1.82, 2.24) is 9.78 Å². The lowest BCUT2D eigenvalue weighted by Crippen LogP contribution is -2.22. The third-order valence-corrected chi connectivity index (χ3v) is 3.44. The zero-order valence-electron chi connectivity index (χ0n) is 12.3. The lowest BCUT2D eigenvalue weighted by molar-refractivity contribution is 0.643. The number of nitriles is 1. The fourth-order valence-electron chi connectivity index (χ4n) is 2.33. The van der Waals surface area contributed by atoms with Crippen LogP contribution < -0.4 is 11.3 Å². The molecule has 0 atom stereocenters. The van der Waals surface area contributed by atoms with Crippen LogP contribution in [-0.2, 0) is 6.54 Å². The smallest absolute Gasteiger partial charge is 0.267 e. The molecule has 0 unspecified atom stereocenters. The van der Waals surface area contributed by atoms with Crippen molar-refractivity contribution in [3.05, 3.63) is 82.1 Å². The van der Waals surface area contributed by atoms with Crippen molar-refractivity contribution in [2.24, 2.45) is 0 Å². The molecule has 0 spiro atoms. The maximum Gasteiger partial charge on any atom is 0.267 e. The van der Waals surface area contributed by atoms with Gasteiger partial charge >= 0.3 is 0 Å². The Labute approximate surface area is 133 Å². The second-order valence-corrected chi connectivity index (χ2v) is 5.15. The molecule has 2 aromatic carbocycles. The quantitative estimate of drug-likeness (QED) is 0.753. The van der Waals surface area contributed by atoms with Gasteiger partial charge in [-0.25, -0.2) is 4.68 Å². The number of nitrogens with two attached hydrogens (primary N) is 1. The molecule has 0 aliphatic heterocycles. The Morgan fingerprint density at radius 1 is 1.09 bits per heavy atom. The maximum absolute atomic E-state index is 12.0. The molecule has 0 saturated heterocycles. The summed E-state index contributed by atoms with van der Waals surface area (Å²) in [4.78, 5) is 12.0. The first kappa shape index (κ1) is 14.5. The van der Waals surface area contributed by atoms with Crippen LogP contribution in [0.3, 0.4) is 0 Å². The molecular weight excluding hydrogens is 288 g/mol. The zero-order valence-corrected chi connectivity index (χ0v) is 12.3. The normalized spacial score (nSPS) is 10.2. The summed E-state index contributed by atoms with van der Waals surface area (Å²) in [6, 6.07) is 19.7. The molecule has 0 radical (unpaired) electrons. The van der Waals surface area contributed by atoms with E-state index in [-0.39, 0.29) is 5.56 Å². The fraction of sp³-hybridized carbons (Fsp3) is 0.0556. The summed E-state index contributed by atoms with van der Waals surface area (Å²) in [6.45, 7) is 0.343. The number of hydrogen-bond acceptors (Lipinski definition) is 4. The van der Waals surface area contributed by atoms with Crippen molar-refractivity contribution in [2.75, 3.05) is 5.73 Å². The SMILES string of the molecule is N#Cc1cccc(-c2ccc(=O)n(Cc3cccc(N)c3)n2)c1. The van der Waals surface area contributed by atoms with Gasteiger partial charge in [0.25, 0.3) is 5.56 Å². The van der Waals surface area contributed by atoms with Crippen LogP contribution in [0, 0.1) is 11.3 Å². The second-order valence-electron chi connectivity index (χ2n) is 5.15. The lowest BCUT2D eigenvalue weighted by Gasteiger charge is -2.08. The molecule has 0 amide bonds. The molecule has 1 aromatic heterocycles. The minimum Gasteiger partial charge on any atom is -0.399 e. The number of anilines is 1. The zero-order chi connectivity index (χ0) is 16.2. The number of aromatic nitrogens is 2. The van der Waals surface area contributed by atoms with Crippen LogP contribution in [0.25, 0.3) is 11.3 Å². The van der Waals surface area contributed by atoms with Crippen molar-refractivity contribution >= 4 is 5.69 Å². The van der Waals surface area contributed by atoms with Gasteiger partial charge in [-0.15, -0.1) is 0 Å². The average Bonchev–Trinajstić information content (AvgIpc) is 2.57. The third kappa shape index (κ3) is 3.27. The van der Waals surface area contributed by atoms with E-state index in [9.17, 15) is 4.79 Å². The standard InChI is InChI=1S/C18H14N4O/c19-11-13-3-1-5-15(9-13)17-7-8-18(23)22(21-17)12-14-4-2-6-16(20)10-14/h1-10H,12,20H2. The summed E-state index contributed by atoms with van der Waals surface area (Å²) < 4.78 is 1.39. The van der Waals surface area contributed by atoms with Crippen LogP contribution in [0.15, 0.2) is 65.5 Å². The average molecular weight is 302 g/mol. The molecule has 3 aromatic rings. The van der Waals surface area contributed by atoms with Gasteiger partial charge in [0.15, 0.2) is 0 Å². The Kier molecular flexibility index (Phi) is 3.89. The van der Waals surface area contributed by atoms with Crippen molar-refractivity contribution in [3.8, 4) is 17.3 Å². The highest BCUT2D eigenvalue weighted by molar-refractivity contribution is 5.60. The Morgan fingerprint density at radius 2 is 1.91 bits per heavy atom. The maximum atomic E-state index is 12.0. The minimum absolute atomic E-state index is 0.187. The van der Waals surface area contributed by atoms with Gasteiger partial charge in [-0.05, 0) is 35.9 Å². The summed E-state index contributed by atoms with van der Waals surface area (Å²) in [7, 11) is 0. The molecule has 1 heterocycles. The summed E-state index contributed by atoms with van der Waals surface area (Å²) in [5.41, 5.74) is 9.12. The molecule has 23 heavy (non-hydrogen) atoms. The third-order valence-electron chi connectivity index (χ3n) is 3.44. The van der Waals surface area contributed by atoms with Crippen molar-refractivity contribution in [1.29, 1.82) is 5.26 Å². The number of nitrogen functional groups attached to an aromatic ring is 1. The van der Waals surface area contributed by atoms with E-state index >= 15 is 0 Å². The summed E-state index contributed by atoms with van der Waals surface area (Å²) >= 11 is 0. The molecule has 3 rings (SSSR count). The van der Waals surface area contributed by atoms with Gasteiger partial charge in [0.2, 0.25) is 0 Å². The first-order valence-corrected chi connectivity index (χ1v) is 7.09. The highest BCUT2D eigenvalue weighted by atomic mass is 16.1. The molecular formula is C18H14N4O. The van der Waals surface area contributed by atoms with Crippen LogP contribution in [0.2, 0.25) is 0 Å². The largest absolute Gasteiger partial charge is 0.399 e. The van der Waals surface area contributed by atoms with E-state index in [1.165, 1.54) is 10.7 Å². The topological polar surface area (TPSA) is 84.7 Å². The van der Waals surface area contributed by atoms with E-state index in [2.05, 4.69) is 11.2 Å². The summed E-state index contributed by atoms with van der Waals surface area (Å²) in [5.74, 6) is 0. The van der Waals surface area contributed by atoms with Gasteiger partial charge in [-0.2, -0.15) is 10.4 Å². The van der Waals surface area contributed by atoms with Gasteiger partial charge < -0.3 is 5.73 Å². The van der Waals surface area contributed by atoms with Crippen molar-refractivity contribution in [2.45, 2.75) is 6.54 Å². The highest BCUT2D eigenvalue weighted by Crippen LogP contribution is 2.17. The number of nitrogens with zero attached hydrogens (tertiary/aromatic N) is 3. The van der Waals surface area contributed by atoms with Gasteiger partial charge in [0.1, 0.15) is 0 Å². The first-order chi connectivity index (χ1) is 11.2. The fourth-order valence-corrected chi connectivity index (χ4v) is 2.33. The van der Waals surface area contributed by atoms with E-state index in [1.807, 2.05) is 24.3 Å². The Hall–Kier alpha value is -3.39. The number of rotatable bonds is 3. The van der Waals surface area contributed by atoms with Gasteiger partial charge in [-0.3, -0.25) is 4.79 Å². The molecule has 0 saturated carbocycles. The van der Waals surface area contributed by atoms with Crippen LogP contribution in [0.5, 0.6) is 0 Å². The van der Waals surface area contributed by atoms with E-state index < -0.39 is 0 Å². The van der Waals surface area contributed by atoms with Crippen LogP contribution >= 0.6 is 0 Å². The van der Waals surface area contributed by atoms with Gasteiger partial charge in [0.05, 0.1) is 23.9 Å². The molecule has 112 valence electrons. The number of benzene rings is 2. The molecule has 2 N–H and O–H groups in total. The van der Waals surface area contributed by atoms with E-state index in [0.29, 0.717) is 23.5 Å². The highest BCUT2D eigenvalue weighted by Gasteiger charge is 2.05. The van der Waals surface area contributed by atoms with Crippen molar-refractivity contribution < 1.29 is 0 Å². The van der Waals surface area contributed by atoms with E-state index in [1.54, 1.807) is 30.3 Å².